The van der Waals surface area contributed by atoms with Crippen LogP contribution in [0.5, 0.6) is 0 Å². The molecule has 0 saturated carbocycles. The van der Waals surface area contributed by atoms with Crippen LogP contribution in [0.1, 0.15) is 27.7 Å². The highest BCUT2D eigenvalue weighted by Crippen LogP contribution is 2.35. The average Bonchev–Trinajstić information content (AvgIpc) is 3.49. The lowest BCUT2D eigenvalue weighted by Gasteiger charge is -2.12. The molecule has 2 nitrogen and oxygen atoms in total. The Balaban J connectivity index is 0.000000637. The van der Waals surface area contributed by atoms with Crippen molar-refractivity contribution in [3.8, 4) is 11.4 Å². The molecule has 0 atom stereocenters. The van der Waals surface area contributed by atoms with E-state index in [-0.39, 0.29) is 0 Å². The Hall–Kier alpha value is -4.30. The van der Waals surface area contributed by atoms with Crippen LogP contribution in [-0.2, 0) is 0 Å². The number of nitrogens with zero attached hydrogens (tertiary/aromatic N) is 2. The van der Waals surface area contributed by atoms with Crippen LogP contribution in [0.25, 0.3) is 55.0 Å². The van der Waals surface area contributed by atoms with Gasteiger partial charge in [0.2, 0.25) is 0 Å². The van der Waals surface area contributed by atoms with Crippen molar-refractivity contribution in [1.82, 2.24) is 9.13 Å². The smallest absolute Gasteiger partial charge is 0.0541 e. The molecule has 0 saturated heterocycles. The Morgan fingerprint density at radius 2 is 0.611 bits per heavy atom. The fourth-order valence-electron chi connectivity index (χ4n) is 5.17. The molecule has 0 aliphatic rings. The summed E-state index contributed by atoms with van der Waals surface area (Å²) < 4.78 is 4.75. The first-order valence-corrected chi connectivity index (χ1v) is 13.0. The van der Waals surface area contributed by atoms with Gasteiger partial charge in [0.1, 0.15) is 0 Å². The third-order valence-electron chi connectivity index (χ3n) is 6.51. The molecule has 178 valence electrons. The Morgan fingerprint density at radius 3 is 0.917 bits per heavy atom. The highest BCUT2D eigenvalue weighted by molar-refractivity contribution is 6.10. The van der Waals surface area contributed by atoms with Crippen LogP contribution < -0.4 is 0 Å². The van der Waals surface area contributed by atoms with Gasteiger partial charge in [0.25, 0.3) is 0 Å². The summed E-state index contributed by atoms with van der Waals surface area (Å²) in [5.41, 5.74) is 7.26. The number of aromatic nitrogens is 2. The van der Waals surface area contributed by atoms with Crippen LogP contribution in [-0.4, -0.2) is 9.13 Å². The zero-order chi connectivity index (χ0) is 25.1. The van der Waals surface area contributed by atoms with Gasteiger partial charge in [0.15, 0.2) is 0 Å². The summed E-state index contributed by atoms with van der Waals surface area (Å²) in [4.78, 5) is 0. The normalized spacial score (nSPS) is 10.8. The van der Waals surface area contributed by atoms with E-state index in [9.17, 15) is 0 Å². The van der Waals surface area contributed by atoms with Gasteiger partial charge in [0, 0.05) is 32.9 Å². The molecule has 7 aromatic rings. The van der Waals surface area contributed by atoms with E-state index in [0.717, 1.165) is 0 Å². The summed E-state index contributed by atoms with van der Waals surface area (Å²) in [6, 6.07) is 43.5. The topological polar surface area (TPSA) is 9.86 Å². The number of hydrogen-bond donors (Lipinski definition) is 0. The van der Waals surface area contributed by atoms with Crippen molar-refractivity contribution in [3.05, 3.63) is 121 Å². The molecule has 0 fully saturated rings. The summed E-state index contributed by atoms with van der Waals surface area (Å²) in [5, 5.41) is 5.13. The zero-order valence-corrected chi connectivity index (χ0v) is 21.4. The first kappa shape index (κ1) is 23.4. The second-order valence-electron chi connectivity index (χ2n) is 8.26. The van der Waals surface area contributed by atoms with Crippen molar-refractivity contribution in [2.75, 3.05) is 0 Å². The highest BCUT2D eigenvalue weighted by atomic mass is 15.0. The monoisotopic (exact) mass is 468 g/mol. The number of para-hydroxylation sites is 4. The van der Waals surface area contributed by atoms with Crippen LogP contribution >= 0.6 is 0 Å². The van der Waals surface area contributed by atoms with Gasteiger partial charge in [-0.05, 0) is 42.5 Å². The Bertz CT molecular complexity index is 1550. The summed E-state index contributed by atoms with van der Waals surface area (Å²) in [6.07, 6.45) is 0. The van der Waals surface area contributed by atoms with Gasteiger partial charge in [-0.1, -0.05) is 107 Å². The van der Waals surface area contributed by atoms with E-state index in [1.807, 2.05) is 27.7 Å². The summed E-state index contributed by atoms with van der Waals surface area (Å²) in [6.45, 7) is 8.00. The predicted octanol–water partition coefficient (Wildman–Crippen LogP) is 9.93. The van der Waals surface area contributed by atoms with Crippen molar-refractivity contribution in [1.29, 1.82) is 0 Å². The van der Waals surface area contributed by atoms with Crippen LogP contribution in [0.2, 0.25) is 0 Å². The molecule has 36 heavy (non-hydrogen) atoms. The number of fused-ring (bicyclic) bond motifs is 6. The molecule has 2 heteroatoms. The van der Waals surface area contributed by atoms with Crippen LogP contribution in [0, 0.1) is 0 Å². The minimum absolute atomic E-state index is 1.17. The molecule has 0 N–H and O–H groups in total. The summed E-state index contributed by atoms with van der Waals surface area (Å²) in [7, 11) is 0. The molecule has 0 bridgehead atoms. The summed E-state index contributed by atoms with van der Waals surface area (Å²) >= 11 is 0. The van der Waals surface area contributed by atoms with E-state index < -0.39 is 0 Å². The molecular weight excluding hydrogens is 436 g/mol. The van der Waals surface area contributed by atoms with Gasteiger partial charge in [-0.3, -0.25) is 0 Å². The molecule has 7 rings (SSSR count). The molecule has 5 aromatic carbocycles. The van der Waals surface area contributed by atoms with Gasteiger partial charge >= 0.3 is 0 Å². The Morgan fingerprint density at radius 1 is 0.333 bits per heavy atom. The van der Waals surface area contributed by atoms with Crippen molar-refractivity contribution >= 4 is 43.6 Å². The number of hydrogen-bond acceptors (Lipinski definition) is 0. The molecule has 0 unspecified atom stereocenters. The largest absolute Gasteiger partial charge is 0.309 e. The van der Waals surface area contributed by atoms with E-state index in [1.54, 1.807) is 0 Å². The van der Waals surface area contributed by atoms with Crippen LogP contribution in [0.15, 0.2) is 121 Å². The third kappa shape index (κ3) is 3.67. The lowest BCUT2D eigenvalue weighted by atomic mass is 10.2. The molecule has 0 spiro atoms. The quantitative estimate of drug-likeness (QED) is 0.239. The SMILES string of the molecule is CC.CC.c1cc(-n2c3ccccc3c3ccccc32)cc(-n2c3ccccc3c3ccccc32)c1. The molecule has 0 radical (unpaired) electrons. The molecule has 0 aliphatic carbocycles. The maximum absolute atomic E-state index is 2.38. The number of benzene rings is 5. The molecule has 2 aromatic heterocycles. The molecule has 0 aliphatic heterocycles. The molecule has 0 amide bonds. The fraction of sp³-hybridized carbons (Fsp3) is 0.118. The number of rotatable bonds is 2. The first-order chi connectivity index (χ1) is 17.9. The maximum Gasteiger partial charge on any atom is 0.0541 e. The van der Waals surface area contributed by atoms with Gasteiger partial charge in [-0.15, -0.1) is 0 Å². The Kier molecular flexibility index (Phi) is 6.60. The van der Waals surface area contributed by atoms with E-state index in [4.69, 9.17) is 0 Å². The van der Waals surface area contributed by atoms with Crippen molar-refractivity contribution < 1.29 is 0 Å². The molecular formula is C34H32N2. The first-order valence-electron chi connectivity index (χ1n) is 13.0. The van der Waals surface area contributed by atoms with Gasteiger partial charge in [-0.2, -0.15) is 0 Å². The van der Waals surface area contributed by atoms with Crippen molar-refractivity contribution in [3.63, 3.8) is 0 Å². The standard InChI is InChI=1S/C30H20N2.2C2H6/c1-5-16-27-23(12-1)24-13-2-6-17-28(24)31(27)21-10-9-11-22(20-21)32-29-18-7-3-14-25(29)26-15-4-8-19-30(26)32;2*1-2/h1-20H;2*1-2H3. The van der Waals surface area contributed by atoms with Gasteiger partial charge in [0.05, 0.1) is 22.1 Å². The van der Waals surface area contributed by atoms with E-state index in [2.05, 4.69) is 130 Å². The summed E-state index contributed by atoms with van der Waals surface area (Å²) in [5.74, 6) is 0. The second kappa shape index (κ2) is 10.1. The Labute approximate surface area is 213 Å². The third-order valence-corrected chi connectivity index (χ3v) is 6.51. The van der Waals surface area contributed by atoms with Crippen molar-refractivity contribution in [2.24, 2.45) is 0 Å². The van der Waals surface area contributed by atoms with Gasteiger partial charge in [-0.25, -0.2) is 0 Å². The fourth-order valence-corrected chi connectivity index (χ4v) is 5.17. The van der Waals surface area contributed by atoms with Crippen molar-refractivity contribution in [2.45, 2.75) is 27.7 Å². The van der Waals surface area contributed by atoms with Crippen LogP contribution in [0.4, 0.5) is 0 Å². The van der Waals surface area contributed by atoms with E-state index >= 15 is 0 Å². The second-order valence-corrected chi connectivity index (χ2v) is 8.26. The van der Waals surface area contributed by atoms with Gasteiger partial charge < -0.3 is 9.13 Å². The predicted molar refractivity (Wildman–Crippen MR) is 158 cm³/mol. The average molecular weight is 469 g/mol. The zero-order valence-electron chi connectivity index (χ0n) is 21.4. The maximum atomic E-state index is 2.38. The lowest BCUT2D eigenvalue weighted by Crippen LogP contribution is -1.98. The van der Waals surface area contributed by atoms with E-state index in [0.29, 0.717) is 0 Å². The van der Waals surface area contributed by atoms with Crippen LogP contribution in [0.3, 0.4) is 0 Å². The van der Waals surface area contributed by atoms with E-state index in [1.165, 1.54) is 55.0 Å². The minimum atomic E-state index is 1.17. The highest BCUT2D eigenvalue weighted by Gasteiger charge is 2.14. The lowest BCUT2D eigenvalue weighted by molar-refractivity contribution is 1.13. The molecule has 2 heterocycles. The minimum Gasteiger partial charge on any atom is -0.309 e.